The minimum absolute atomic E-state index is 0.0732. The summed E-state index contributed by atoms with van der Waals surface area (Å²) in [6.07, 6.45) is -4.73. The lowest BCUT2D eigenvalue weighted by atomic mass is 10.2. The number of ether oxygens (including phenoxy) is 1. The minimum Gasteiger partial charge on any atom is -0.406 e. The van der Waals surface area contributed by atoms with Gasteiger partial charge in [-0.25, -0.2) is 0 Å². The van der Waals surface area contributed by atoms with Crippen LogP contribution in [0.5, 0.6) is 5.75 Å². The van der Waals surface area contributed by atoms with E-state index in [0.717, 1.165) is 6.07 Å². The van der Waals surface area contributed by atoms with Crippen molar-refractivity contribution in [2.45, 2.75) is 12.2 Å². The highest BCUT2D eigenvalue weighted by molar-refractivity contribution is 6.17. The average molecular weight is 241 g/mol. The largest absolute Gasteiger partial charge is 0.573 e. The molecule has 7 heteroatoms. The molecule has 0 spiro atoms. The molecule has 0 aliphatic carbocycles. The van der Waals surface area contributed by atoms with Gasteiger partial charge in [0.1, 0.15) is 5.75 Å². The zero-order valence-corrected chi connectivity index (χ0v) is 8.19. The second-order valence-electron chi connectivity index (χ2n) is 2.69. The van der Waals surface area contributed by atoms with Gasteiger partial charge in [-0.2, -0.15) is 0 Å². The normalized spacial score (nSPS) is 11.3. The Kier molecular flexibility index (Phi) is 3.65. The van der Waals surface area contributed by atoms with Gasteiger partial charge in [-0.05, 0) is 17.7 Å². The molecule has 0 amide bonds. The Morgan fingerprint density at radius 2 is 2.00 bits per heavy atom. The molecule has 0 saturated carbocycles. The summed E-state index contributed by atoms with van der Waals surface area (Å²) in [5.41, 5.74) is 3.00. The summed E-state index contributed by atoms with van der Waals surface area (Å²) in [5, 5.41) is 0. The summed E-state index contributed by atoms with van der Waals surface area (Å²) in [7, 11) is 0. The van der Waals surface area contributed by atoms with E-state index in [0.29, 0.717) is 11.3 Å². The Balaban J connectivity index is 2.97. The number of hydrazine groups is 1. The van der Waals surface area contributed by atoms with Gasteiger partial charge in [-0.3, -0.25) is 5.84 Å². The van der Waals surface area contributed by atoms with E-state index in [1.807, 2.05) is 0 Å². The molecule has 0 atom stereocenters. The predicted molar refractivity (Wildman–Crippen MR) is 50.5 cm³/mol. The van der Waals surface area contributed by atoms with Crippen LogP contribution in [-0.4, -0.2) is 6.36 Å². The highest BCUT2D eigenvalue weighted by Crippen LogP contribution is 2.27. The monoisotopic (exact) mass is 240 g/mol. The van der Waals surface area contributed by atoms with E-state index >= 15 is 0 Å². The highest BCUT2D eigenvalue weighted by Gasteiger charge is 2.31. The van der Waals surface area contributed by atoms with Crippen LogP contribution in [-0.2, 0) is 5.88 Å². The number of nitrogens with one attached hydrogen (secondary N) is 1. The molecule has 0 heterocycles. The quantitative estimate of drug-likeness (QED) is 0.485. The maximum Gasteiger partial charge on any atom is 0.573 e. The first-order valence-corrected chi connectivity index (χ1v) is 4.40. The molecular formula is C8H8ClF3N2O. The van der Waals surface area contributed by atoms with E-state index < -0.39 is 6.36 Å². The molecule has 1 aromatic carbocycles. The minimum atomic E-state index is -4.73. The van der Waals surface area contributed by atoms with Gasteiger partial charge >= 0.3 is 6.36 Å². The molecule has 0 saturated heterocycles. The second kappa shape index (κ2) is 4.59. The van der Waals surface area contributed by atoms with Gasteiger partial charge in [-0.1, -0.05) is 0 Å². The van der Waals surface area contributed by atoms with E-state index in [4.69, 9.17) is 17.4 Å². The summed E-state index contributed by atoms with van der Waals surface area (Å²) < 4.78 is 39.4. The van der Waals surface area contributed by atoms with Crippen molar-refractivity contribution in [2.75, 3.05) is 5.43 Å². The van der Waals surface area contributed by atoms with Gasteiger partial charge in [0, 0.05) is 11.9 Å². The Hall–Kier alpha value is -1.14. The zero-order chi connectivity index (χ0) is 11.5. The number of halogens is 4. The molecule has 0 unspecified atom stereocenters. The molecule has 0 aliphatic rings. The molecule has 3 N–H and O–H groups in total. The van der Waals surface area contributed by atoms with Crippen molar-refractivity contribution in [2.24, 2.45) is 5.84 Å². The van der Waals surface area contributed by atoms with Crippen molar-refractivity contribution >= 4 is 17.3 Å². The van der Waals surface area contributed by atoms with Crippen LogP contribution < -0.4 is 16.0 Å². The van der Waals surface area contributed by atoms with Gasteiger partial charge in [0.05, 0.1) is 5.69 Å². The number of nitrogens with two attached hydrogens (primary N) is 1. The number of alkyl halides is 4. The molecule has 0 aliphatic heterocycles. The van der Waals surface area contributed by atoms with Crippen LogP contribution in [0, 0.1) is 0 Å². The van der Waals surface area contributed by atoms with Gasteiger partial charge in [0.2, 0.25) is 0 Å². The molecule has 84 valence electrons. The fourth-order valence-corrected chi connectivity index (χ4v) is 1.17. The van der Waals surface area contributed by atoms with Gasteiger partial charge < -0.3 is 10.2 Å². The summed E-state index contributed by atoms with van der Waals surface area (Å²) >= 11 is 5.49. The lowest BCUT2D eigenvalue weighted by Gasteiger charge is -2.11. The molecule has 0 bridgehead atoms. The molecular weight excluding hydrogens is 233 g/mol. The Morgan fingerprint density at radius 3 is 2.47 bits per heavy atom. The first kappa shape index (κ1) is 11.9. The highest BCUT2D eigenvalue weighted by atomic mass is 35.5. The van der Waals surface area contributed by atoms with Crippen LogP contribution in [0.2, 0.25) is 0 Å². The standard InChI is InChI=1S/C8H8ClF3N2O/c9-4-5-1-6(14-13)3-7(2-5)15-8(10,11)12/h1-3,14H,4,13H2. The van der Waals surface area contributed by atoms with E-state index in [-0.39, 0.29) is 11.6 Å². The fraction of sp³-hybridized carbons (Fsp3) is 0.250. The SMILES string of the molecule is NNc1cc(CCl)cc(OC(F)(F)F)c1. The van der Waals surface area contributed by atoms with Gasteiger partial charge in [0.25, 0.3) is 0 Å². The van der Waals surface area contributed by atoms with Gasteiger partial charge in [-0.15, -0.1) is 24.8 Å². The van der Waals surface area contributed by atoms with E-state index in [1.165, 1.54) is 12.1 Å². The maximum atomic E-state index is 11.9. The Morgan fingerprint density at radius 1 is 1.33 bits per heavy atom. The summed E-state index contributed by atoms with van der Waals surface area (Å²) in [5.74, 6) is 4.80. The summed E-state index contributed by atoms with van der Waals surface area (Å²) in [6.45, 7) is 0. The van der Waals surface area contributed by atoms with Crippen LogP contribution in [0.3, 0.4) is 0 Å². The predicted octanol–water partition coefficient (Wildman–Crippen LogP) is 2.61. The van der Waals surface area contributed by atoms with Crippen LogP contribution in [0.1, 0.15) is 5.56 Å². The summed E-state index contributed by atoms with van der Waals surface area (Å²) in [6, 6.07) is 3.85. The average Bonchev–Trinajstić information content (AvgIpc) is 2.14. The van der Waals surface area contributed by atoms with E-state index in [2.05, 4.69) is 10.2 Å². The van der Waals surface area contributed by atoms with Crippen molar-refractivity contribution in [3.05, 3.63) is 23.8 Å². The Labute approximate surface area is 88.9 Å². The first-order valence-electron chi connectivity index (χ1n) is 3.87. The van der Waals surface area contributed by atoms with Crippen molar-refractivity contribution in [3.8, 4) is 5.75 Å². The molecule has 15 heavy (non-hydrogen) atoms. The number of rotatable bonds is 3. The van der Waals surface area contributed by atoms with Crippen LogP contribution in [0.25, 0.3) is 0 Å². The second-order valence-corrected chi connectivity index (χ2v) is 2.96. The zero-order valence-electron chi connectivity index (χ0n) is 7.44. The topological polar surface area (TPSA) is 47.3 Å². The third kappa shape index (κ3) is 3.85. The molecule has 1 rings (SSSR count). The molecule has 0 fully saturated rings. The number of hydrogen-bond acceptors (Lipinski definition) is 3. The lowest BCUT2D eigenvalue weighted by Crippen LogP contribution is -2.17. The number of hydrogen-bond donors (Lipinski definition) is 2. The van der Waals surface area contributed by atoms with Crippen molar-refractivity contribution in [1.82, 2.24) is 0 Å². The van der Waals surface area contributed by atoms with E-state index in [1.54, 1.807) is 0 Å². The van der Waals surface area contributed by atoms with E-state index in [9.17, 15) is 13.2 Å². The lowest BCUT2D eigenvalue weighted by molar-refractivity contribution is -0.274. The smallest absolute Gasteiger partial charge is 0.406 e. The van der Waals surface area contributed by atoms with Crippen molar-refractivity contribution in [3.63, 3.8) is 0 Å². The number of benzene rings is 1. The number of nitrogen functional groups attached to an aromatic ring is 1. The Bertz CT molecular complexity index is 321. The first-order chi connectivity index (χ1) is 6.94. The van der Waals surface area contributed by atoms with Crippen LogP contribution in [0.4, 0.5) is 18.9 Å². The molecule has 0 radical (unpaired) electrons. The van der Waals surface area contributed by atoms with Gasteiger partial charge in [0.15, 0.2) is 0 Å². The third-order valence-electron chi connectivity index (χ3n) is 1.52. The van der Waals surface area contributed by atoms with Crippen LogP contribution >= 0.6 is 11.6 Å². The summed E-state index contributed by atoms with van der Waals surface area (Å²) in [4.78, 5) is 0. The van der Waals surface area contributed by atoms with Crippen molar-refractivity contribution in [1.29, 1.82) is 0 Å². The maximum absolute atomic E-state index is 11.9. The molecule has 0 aromatic heterocycles. The molecule has 1 aromatic rings. The fourth-order valence-electron chi connectivity index (χ4n) is 1.01. The van der Waals surface area contributed by atoms with Crippen molar-refractivity contribution < 1.29 is 17.9 Å². The molecule has 3 nitrogen and oxygen atoms in total. The third-order valence-corrected chi connectivity index (χ3v) is 1.83. The van der Waals surface area contributed by atoms with Crippen LogP contribution in [0.15, 0.2) is 18.2 Å². The number of anilines is 1.